The zero-order chi connectivity index (χ0) is 23.3. The Balaban J connectivity index is 1.15. The molecule has 2 aromatic carbocycles. The van der Waals surface area contributed by atoms with E-state index in [1.165, 1.54) is 66.3 Å². The van der Waals surface area contributed by atoms with Gasteiger partial charge in [-0.2, -0.15) is 0 Å². The second-order valence-corrected chi connectivity index (χ2v) is 10.6. The first-order valence-electron chi connectivity index (χ1n) is 13.6. The Labute approximate surface area is 205 Å². The Hall–Kier alpha value is -2.17. The average molecular weight is 460 g/mol. The maximum atomic E-state index is 13.1. The smallest absolute Gasteiger partial charge is 0.236 e. The molecule has 3 aliphatic rings. The van der Waals surface area contributed by atoms with E-state index in [1.807, 2.05) is 0 Å². The summed E-state index contributed by atoms with van der Waals surface area (Å²) >= 11 is 0. The van der Waals surface area contributed by atoms with Crippen LogP contribution in [0.3, 0.4) is 0 Å². The highest BCUT2D eigenvalue weighted by molar-refractivity contribution is 5.78. The first-order chi connectivity index (χ1) is 16.7. The van der Waals surface area contributed by atoms with Crippen LogP contribution >= 0.6 is 0 Å². The molecule has 0 radical (unpaired) electrons. The second-order valence-electron chi connectivity index (χ2n) is 10.6. The highest BCUT2D eigenvalue weighted by Crippen LogP contribution is 2.28. The third-order valence-electron chi connectivity index (χ3n) is 8.21. The van der Waals surface area contributed by atoms with E-state index in [0.717, 1.165) is 58.2 Å². The van der Waals surface area contributed by atoms with Gasteiger partial charge in [0.05, 0.1) is 6.54 Å². The molecule has 1 aliphatic carbocycles. The van der Waals surface area contributed by atoms with Crippen molar-refractivity contribution < 1.29 is 4.79 Å². The van der Waals surface area contributed by atoms with Crippen LogP contribution in [0.5, 0.6) is 0 Å². The summed E-state index contributed by atoms with van der Waals surface area (Å²) in [7, 11) is 0. The number of nitrogens with zero attached hydrogens (tertiary/aromatic N) is 3. The maximum Gasteiger partial charge on any atom is 0.236 e. The molecular formula is C30H41N3O. The van der Waals surface area contributed by atoms with Crippen LogP contribution in [0.2, 0.25) is 0 Å². The lowest BCUT2D eigenvalue weighted by atomic mass is 9.93. The van der Waals surface area contributed by atoms with Crippen LogP contribution in [0.25, 0.3) is 11.1 Å². The molecule has 2 fully saturated rings. The van der Waals surface area contributed by atoms with Crippen molar-refractivity contribution in [1.29, 1.82) is 0 Å². The highest BCUT2D eigenvalue weighted by Gasteiger charge is 2.28. The van der Waals surface area contributed by atoms with Crippen LogP contribution in [-0.4, -0.2) is 65.9 Å². The third kappa shape index (κ3) is 5.55. The number of aryl methyl sites for hydroxylation is 1. The van der Waals surface area contributed by atoms with E-state index in [1.54, 1.807) is 0 Å². The van der Waals surface area contributed by atoms with Crippen molar-refractivity contribution in [3.63, 3.8) is 0 Å². The molecule has 4 heteroatoms. The van der Waals surface area contributed by atoms with Gasteiger partial charge in [-0.3, -0.25) is 14.6 Å². The summed E-state index contributed by atoms with van der Waals surface area (Å²) in [6.07, 6.45) is 10.2. The molecular weight excluding hydrogens is 418 g/mol. The number of amides is 1. The van der Waals surface area contributed by atoms with Crippen LogP contribution in [0, 0.1) is 0 Å². The molecule has 1 saturated heterocycles. The number of benzene rings is 2. The Bertz CT molecular complexity index is 973. The lowest BCUT2D eigenvalue weighted by Gasteiger charge is -2.41. The van der Waals surface area contributed by atoms with Gasteiger partial charge < -0.3 is 4.90 Å². The van der Waals surface area contributed by atoms with Gasteiger partial charge in [0.1, 0.15) is 0 Å². The first-order valence-corrected chi connectivity index (χ1v) is 13.6. The Morgan fingerprint density at radius 3 is 2.47 bits per heavy atom. The monoisotopic (exact) mass is 459 g/mol. The SMILES string of the molecule is CCCc1cccc(-c2ccc3c(c2)CCN(CC(=O)N2CCN(C4CCCCC4)CC2)C3)c1. The van der Waals surface area contributed by atoms with Crippen LogP contribution < -0.4 is 0 Å². The summed E-state index contributed by atoms with van der Waals surface area (Å²) in [6, 6.07) is 16.7. The molecule has 2 heterocycles. The largest absolute Gasteiger partial charge is 0.339 e. The van der Waals surface area contributed by atoms with Gasteiger partial charge in [0.15, 0.2) is 0 Å². The number of rotatable bonds is 6. The minimum absolute atomic E-state index is 0.316. The molecule has 5 rings (SSSR count). The van der Waals surface area contributed by atoms with Gasteiger partial charge in [0.25, 0.3) is 0 Å². The molecule has 0 spiro atoms. The van der Waals surface area contributed by atoms with Crippen molar-refractivity contribution in [2.24, 2.45) is 0 Å². The fourth-order valence-corrected chi connectivity index (χ4v) is 6.19. The summed E-state index contributed by atoms with van der Waals surface area (Å²) in [5.74, 6) is 0.316. The van der Waals surface area contributed by atoms with Crippen molar-refractivity contribution in [3.8, 4) is 11.1 Å². The van der Waals surface area contributed by atoms with Gasteiger partial charge in [-0.15, -0.1) is 0 Å². The zero-order valence-corrected chi connectivity index (χ0v) is 21.0. The predicted molar refractivity (Wildman–Crippen MR) is 140 cm³/mol. The molecule has 1 amide bonds. The minimum atomic E-state index is 0.316. The van der Waals surface area contributed by atoms with E-state index in [4.69, 9.17) is 0 Å². The third-order valence-corrected chi connectivity index (χ3v) is 8.21. The fraction of sp³-hybridized carbons (Fsp3) is 0.567. The van der Waals surface area contributed by atoms with Crippen LogP contribution in [0.15, 0.2) is 42.5 Å². The average Bonchev–Trinajstić information content (AvgIpc) is 2.89. The van der Waals surface area contributed by atoms with E-state index in [-0.39, 0.29) is 0 Å². The number of piperazine rings is 1. The van der Waals surface area contributed by atoms with Crippen molar-refractivity contribution in [1.82, 2.24) is 14.7 Å². The quantitative estimate of drug-likeness (QED) is 0.598. The first kappa shape index (κ1) is 23.6. The van der Waals surface area contributed by atoms with Gasteiger partial charge in [-0.05, 0) is 53.5 Å². The molecule has 0 atom stereocenters. The lowest BCUT2D eigenvalue weighted by molar-refractivity contribution is -0.134. The number of carbonyl (C=O) groups is 1. The summed E-state index contributed by atoms with van der Waals surface area (Å²) in [4.78, 5) is 20.2. The molecule has 4 nitrogen and oxygen atoms in total. The maximum absolute atomic E-state index is 13.1. The lowest BCUT2D eigenvalue weighted by Crippen LogP contribution is -2.54. The van der Waals surface area contributed by atoms with E-state index in [9.17, 15) is 4.79 Å². The van der Waals surface area contributed by atoms with E-state index in [2.05, 4.69) is 64.1 Å². The number of hydrogen-bond donors (Lipinski definition) is 0. The molecule has 0 aromatic heterocycles. The fourth-order valence-electron chi connectivity index (χ4n) is 6.19. The number of carbonyl (C=O) groups excluding carboxylic acids is 1. The van der Waals surface area contributed by atoms with Crippen molar-refractivity contribution in [2.75, 3.05) is 39.3 Å². The topological polar surface area (TPSA) is 26.8 Å². The van der Waals surface area contributed by atoms with E-state index < -0.39 is 0 Å². The van der Waals surface area contributed by atoms with E-state index in [0.29, 0.717) is 12.5 Å². The summed E-state index contributed by atoms with van der Waals surface area (Å²) in [5, 5.41) is 0. The standard InChI is InChI=1S/C30H41N3O/c1-2-7-24-8-6-9-25(20-24)26-12-13-28-22-31(15-14-27(28)21-26)23-30(34)33-18-16-32(17-19-33)29-10-4-3-5-11-29/h6,8-9,12-13,20-21,29H,2-5,7,10-11,14-19,22-23H2,1H3. The second kappa shape index (κ2) is 11.0. The molecule has 2 aromatic rings. The molecule has 2 aliphatic heterocycles. The van der Waals surface area contributed by atoms with Crippen LogP contribution in [0.4, 0.5) is 0 Å². The predicted octanol–water partition coefficient (Wildman–Crippen LogP) is 5.14. The Morgan fingerprint density at radius 1 is 0.882 bits per heavy atom. The number of fused-ring (bicyclic) bond motifs is 1. The summed E-state index contributed by atoms with van der Waals surface area (Å²) in [6.45, 7) is 8.58. The van der Waals surface area contributed by atoms with Gasteiger partial charge in [0, 0.05) is 45.3 Å². The van der Waals surface area contributed by atoms with Crippen LogP contribution in [0.1, 0.15) is 62.1 Å². The van der Waals surface area contributed by atoms with Gasteiger partial charge in [-0.25, -0.2) is 0 Å². The molecule has 0 bridgehead atoms. The van der Waals surface area contributed by atoms with Gasteiger partial charge in [-0.1, -0.05) is 75.1 Å². The molecule has 0 unspecified atom stereocenters. The molecule has 182 valence electrons. The van der Waals surface area contributed by atoms with Crippen LogP contribution in [-0.2, 0) is 24.2 Å². The zero-order valence-electron chi connectivity index (χ0n) is 21.0. The Morgan fingerprint density at radius 2 is 1.68 bits per heavy atom. The molecule has 0 N–H and O–H groups in total. The van der Waals surface area contributed by atoms with Crippen molar-refractivity contribution in [3.05, 3.63) is 59.2 Å². The molecule has 1 saturated carbocycles. The summed E-state index contributed by atoms with van der Waals surface area (Å²) in [5.41, 5.74) is 6.88. The van der Waals surface area contributed by atoms with Crippen molar-refractivity contribution >= 4 is 5.91 Å². The molecule has 34 heavy (non-hydrogen) atoms. The highest BCUT2D eigenvalue weighted by atomic mass is 16.2. The normalized spacial score (nSPS) is 20.3. The minimum Gasteiger partial charge on any atom is -0.339 e. The summed E-state index contributed by atoms with van der Waals surface area (Å²) < 4.78 is 0. The van der Waals surface area contributed by atoms with Crippen molar-refractivity contribution in [2.45, 2.75) is 70.9 Å². The van der Waals surface area contributed by atoms with Gasteiger partial charge in [0.2, 0.25) is 5.91 Å². The van der Waals surface area contributed by atoms with E-state index >= 15 is 0 Å². The number of hydrogen-bond acceptors (Lipinski definition) is 3. The van der Waals surface area contributed by atoms with Gasteiger partial charge >= 0.3 is 0 Å². The Kier molecular flexibility index (Phi) is 7.66.